The fraction of sp³-hybridized carbons (Fsp3) is 0.200. The normalized spacial score (nSPS) is 12.8. The van der Waals surface area contributed by atoms with Gasteiger partial charge in [0.1, 0.15) is 29.6 Å². The third kappa shape index (κ3) is 7.91. The summed E-state index contributed by atoms with van der Waals surface area (Å²) in [4.78, 5) is 37.9. The van der Waals surface area contributed by atoms with Crippen LogP contribution in [0.25, 0.3) is 0 Å². The average Bonchev–Trinajstić information content (AvgIpc) is 3.00. The maximum absolute atomic E-state index is 13.3. The second-order valence-electron chi connectivity index (χ2n) is 9.49. The Morgan fingerprint density at radius 2 is 1.71 bits per heavy atom. The third-order valence-electron chi connectivity index (χ3n) is 6.40. The van der Waals surface area contributed by atoms with E-state index in [-0.39, 0.29) is 34.9 Å². The minimum Gasteiger partial charge on any atom is -0.379 e. The van der Waals surface area contributed by atoms with E-state index >= 15 is 0 Å². The first kappa shape index (κ1) is 29.7. The standard InChI is InChI=1S/C30H29FN8O3/c1-18(21-6-8-23(31)9-7-21)38-29(41)24-12-20(14-32)16-37-28(24)36-15-19-2-4-22(5-3-19)25(13-27(33)40)39-30(42)26-17-34-10-11-35-26/h2-12,16-18,25,27,40H,13,15,33H2,1H3,(H,36,37)(H,38,41)(H,39,42)/t18-,25-,27-/m0/s1. The van der Waals surface area contributed by atoms with Crippen molar-refractivity contribution in [2.24, 2.45) is 5.73 Å². The molecule has 0 aliphatic heterocycles. The molecule has 11 nitrogen and oxygen atoms in total. The lowest BCUT2D eigenvalue weighted by atomic mass is 10.0. The summed E-state index contributed by atoms with van der Waals surface area (Å²) in [7, 11) is 0. The number of aliphatic hydroxyl groups excluding tert-OH is 1. The molecule has 2 heterocycles. The summed E-state index contributed by atoms with van der Waals surface area (Å²) in [6.45, 7) is 2.07. The monoisotopic (exact) mass is 568 g/mol. The van der Waals surface area contributed by atoms with Gasteiger partial charge in [-0.2, -0.15) is 5.26 Å². The predicted molar refractivity (Wildman–Crippen MR) is 152 cm³/mol. The molecule has 2 aromatic carbocycles. The molecule has 0 saturated heterocycles. The molecule has 2 aromatic heterocycles. The van der Waals surface area contributed by atoms with Gasteiger partial charge in [0.25, 0.3) is 11.8 Å². The van der Waals surface area contributed by atoms with E-state index in [0.29, 0.717) is 12.1 Å². The second-order valence-corrected chi connectivity index (χ2v) is 9.49. The minimum atomic E-state index is -1.16. The van der Waals surface area contributed by atoms with E-state index in [1.807, 2.05) is 18.2 Å². The molecule has 0 bridgehead atoms. The van der Waals surface area contributed by atoms with Gasteiger partial charge >= 0.3 is 0 Å². The molecule has 0 saturated carbocycles. The van der Waals surface area contributed by atoms with Gasteiger partial charge < -0.3 is 26.8 Å². The van der Waals surface area contributed by atoms with Gasteiger partial charge in [-0.3, -0.25) is 14.6 Å². The van der Waals surface area contributed by atoms with E-state index in [1.54, 1.807) is 31.2 Å². The van der Waals surface area contributed by atoms with Gasteiger partial charge in [-0.1, -0.05) is 36.4 Å². The lowest BCUT2D eigenvalue weighted by Gasteiger charge is -2.21. The summed E-state index contributed by atoms with van der Waals surface area (Å²) in [5.41, 5.74) is 8.42. The van der Waals surface area contributed by atoms with Crippen LogP contribution in [0.15, 0.2) is 79.4 Å². The number of pyridine rings is 1. The molecule has 4 rings (SSSR count). The van der Waals surface area contributed by atoms with Gasteiger partial charge in [-0.05, 0) is 41.8 Å². The molecule has 0 radical (unpaired) electrons. The highest BCUT2D eigenvalue weighted by Crippen LogP contribution is 2.21. The summed E-state index contributed by atoms with van der Waals surface area (Å²) in [5, 5.41) is 27.9. The Morgan fingerprint density at radius 1 is 1.00 bits per heavy atom. The van der Waals surface area contributed by atoms with E-state index in [0.717, 1.165) is 11.1 Å². The average molecular weight is 569 g/mol. The number of halogens is 1. The number of hydrogen-bond donors (Lipinski definition) is 5. The number of hydrogen-bond acceptors (Lipinski definition) is 9. The van der Waals surface area contributed by atoms with E-state index in [1.165, 1.54) is 43.0 Å². The van der Waals surface area contributed by atoms with Crippen LogP contribution in [0.5, 0.6) is 0 Å². The van der Waals surface area contributed by atoms with Crippen LogP contribution < -0.4 is 21.7 Å². The number of benzene rings is 2. The number of amides is 2. The van der Waals surface area contributed by atoms with Gasteiger partial charge in [-0.15, -0.1) is 0 Å². The summed E-state index contributed by atoms with van der Waals surface area (Å²) in [5.74, 6) is -0.994. The number of nitrogens with zero attached hydrogens (tertiary/aromatic N) is 4. The Bertz CT molecular complexity index is 1560. The largest absolute Gasteiger partial charge is 0.379 e. The molecule has 0 fully saturated rings. The van der Waals surface area contributed by atoms with Crippen molar-refractivity contribution < 1.29 is 19.1 Å². The first-order chi connectivity index (χ1) is 20.2. The summed E-state index contributed by atoms with van der Waals surface area (Å²) in [6, 6.07) is 15.5. The zero-order chi connectivity index (χ0) is 30.1. The van der Waals surface area contributed by atoms with Crippen LogP contribution in [-0.4, -0.2) is 38.1 Å². The van der Waals surface area contributed by atoms with Crippen LogP contribution in [0.2, 0.25) is 0 Å². The molecule has 0 spiro atoms. The Labute approximate surface area is 241 Å². The van der Waals surface area contributed by atoms with Crippen molar-refractivity contribution in [3.05, 3.63) is 119 Å². The van der Waals surface area contributed by atoms with Crippen molar-refractivity contribution >= 4 is 17.6 Å². The molecule has 0 aliphatic carbocycles. The maximum atomic E-state index is 13.3. The Morgan fingerprint density at radius 3 is 2.36 bits per heavy atom. The van der Waals surface area contributed by atoms with Gasteiger partial charge in [0.2, 0.25) is 0 Å². The summed E-state index contributed by atoms with van der Waals surface area (Å²) in [6.07, 6.45) is 4.50. The van der Waals surface area contributed by atoms with Crippen molar-refractivity contribution in [1.82, 2.24) is 25.6 Å². The van der Waals surface area contributed by atoms with E-state index in [9.17, 15) is 24.3 Å². The van der Waals surface area contributed by atoms with Crippen LogP contribution in [-0.2, 0) is 6.54 Å². The maximum Gasteiger partial charge on any atom is 0.271 e. The molecular weight excluding hydrogens is 539 g/mol. The first-order valence-corrected chi connectivity index (χ1v) is 13.0. The molecular formula is C30H29FN8O3. The molecule has 214 valence electrons. The highest BCUT2D eigenvalue weighted by atomic mass is 19.1. The number of carbonyl (C=O) groups is 2. The number of nitrogens with one attached hydrogen (secondary N) is 3. The van der Waals surface area contributed by atoms with Crippen molar-refractivity contribution in [2.75, 3.05) is 5.32 Å². The van der Waals surface area contributed by atoms with Crippen molar-refractivity contribution in [1.29, 1.82) is 5.26 Å². The number of aromatic nitrogens is 3. The highest BCUT2D eigenvalue weighted by molar-refractivity contribution is 5.99. The molecule has 3 atom stereocenters. The van der Waals surface area contributed by atoms with Gasteiger partial charge in [-0.25, -0.2) is 14.4 Å². The molecule has 4 aromatic rings. The quantitative estimate of drug-likeness (QED) is 0.170. The van der Waals surface area contributed by atoms with Crippen LogP contribution in [0.3, 0.4) is 0 Å². The van der Waals surface area contributed by atoms with Gasteiger partial charge in [0, 0.05) is 31.6 Å². The number of nitriles is 1. The number of carbonyl (C=O) groups excluding carboxylic acids is 2. The zero-order valence-electron chi connectivity index (χ0n) is 22.7. The number of anilines is 1. The molecule has 2 amide bonds. The number of aliphatic hydroxyl groups is 1. The molecule has 6 N–H and O–H groups in total. The number of rotatable bonds is 11. The smallest absolute Gasteiger partial charge is 0.271 e. The second kappa shape index (κ2) is 13.9. The molecule has 12 heteroatoms. The summed E-state index contributed by atoms with van der Waals surface area (Å²) < 4.78 is 13.3. The van der Waals surface area contributed by atoms with Crippen LogP contribution in [0.4, 0.5) is 10.2 Å². The minimum absolute atomic E-state index is 0.0770. The number of nitrogens with two attached hydrogens (primary N) is 1. The van der Waals surface area contributed by atoms with Crippen LogP contribution in [0, 0.1) is 17.1 Å². The Kier molecular flexibility index (Phi) is 9.83. The van der Waals surface area contributed by atoms with Crippen molar-refractivity contribution in [3.63, 3.8) is 0 Å². The molecule has 0 unspecified atom stereocenters. The van der Waals surface area contributed by atoms with E-state index in [4.69, 9.17) is 5.73 Å². The van der Waals surface area contributed by atoms with Gasteiger partial charge in [0.05, 0.1) is 29.4 Å². The summed E-state index contributed by atoms with van der Waals surface area (Å²) >= 11 is 0. The predicted octanol–water partition coefficient (Wildman–Crippen LogP) is 3.12. The fourth-order valence-electron chi connectivity index (χ4n) is 4.17. The van der Waals surface area contributed by atoms with E-state index in [2.05, 4.69) is 30.9 Å². The zero-order valence-corrected chi connectivity index (χ0v) is 22.7. The SMILES string of the molecule is C[C@H](NC(=O)c1cc(C#N)cnc1NCc1ccc([C@H](C[C@@H](N)O)NC(=O)c2cnccn2)cc1)c1ccc(F)cc1. The van der Waals surface area contributed by atoms with Crippen molar-refractivity contribution in [3.8, 4) is 6.07 Å². The lowest BCUT2D eigenvalue weighted by Crippen LogP contribution is -2.34. The Hall–Kier alpha value is -5.25. The highest BCUT2D eigenvalue weighted by Gasteiger charge is 2.20. The first-order valence-electron chi connectivity index (χ1n) is 13.0. The van der Waals surface area contributed by atoms with Crippen molar-refractivity contribution in [2.45, 2.75) is 38.2 Å². The lowest BCUT2D eigenvalue weighted by molar-refractivity contribution is 0.0905. The Balaban J connectivity index is 1.45. The molecule has 42 heavy (non-hydrogen) atoms. The fourth-order valence-corrected chi connectivity index (χ4v) is 4.17. The van der Waals surface area contributed by atoms with Crippen LogP contribution in [0.1, 0.15) is 68.5 Å². The molecule has 0 aliphatic rings. The topological polar surface area (TPSA) is 179 Å². The van der Waals surface area contributed by atoms with Crippen LogP contribution >= 0.6 is 0 Å². The van der Waals surface area contributed by atoms with Gasteiger partial charge in [0.15, 0.2) is 0 Å². The van der Waals surface area contributed by atoms with E-state index < -0.39 is 30.1 Å². The third-order valence-corrected chi connectivity index (χ3v) is 6.40.